The van der Waals surface area contributed by atoms with E-state index in [0.717, 1.165) is 11.0 Å². The molecule has 0 amide bonds. The number of benzene rings is 1. The van der Waals surface area contributed by atoms with Crippen molar-refractivity contribution >= 4 is 34.5 Å². The number of nitrogens with zero attached hydrogens (tertiary/aromatic N) is 2. The number of rotatable bonds is 3. The highest BCUT2D eigenvalue weighted by Crippen LogP contribution is 2.27. The number of para-hydroxylation sites is 2. The number of nitrogen functional groups attached to an aromatic ring is 1. The van der Waals surface area contributed by atoms with Crippen LogP contribution in [0.3, 0.4) is 0 Å². The molecule has 2 heterocycles. The number of H-pyrrole nitrogens is 1. The number of imidazole rings is 1. The van der Waals surface area contributed by atoms with E-state index in [0.29, 0.717) is 10.2 Å². The van der Waals surface area contributed by atoms with Crippen molar-refractivity contribution in [2.24, 2.45) is 0 Å². The number of nitrogens with one attached hydrogen (secondary N) is 1. The monoisotopic (exact) mass is 286 g/mol. The van der Waals surface area contributed by atoms with Crippen molar-refractivity contribution in [1.29, 1.82) is 0 Å². The van der Waals surface area contributed by atoms with Crippen molar-refractivity contribution in [1.82, 2.24) is 15.0 Å². The minimum atomic E-state index is -1.07. The molecule has 100 valence electrons. The number of carbonyl (C=O) groups is 1. The maximum atomic E-state index is 11.0. The number of carboxylic acid groups (broad SMARTS) is 1. The van der Waals surface area contributed by atoms with Crippen LogP contribution in [0.2, 0.25) is 0 Å². The third kappa shape index (κ3) is 2.30. The maximum absolute atomic E-state index is 11.0. The summed E-state index contributed by atoms with van der Waals surface area (Å²) in [5.74, 6) is -1.07. The van der Waals surface area contributed by atoms with Gasteiger partial charge in [0, 0.05) is 0 Å². The first-order chi connectivity index (χ1) is 9.63. The summed E-state index contributed by atoms with van der Waals surface area (Å²) in [6.07, 6.45) is 1.34. The summed E-state index contributed by atoms with van der Waals surface area (Å²) >= 11 is 1.26. The number of carboxylic acids is 1. The van der Waals surface area contributed by atoms with Crippen molar-refractivity contribution in [2.45, 2.75) is 10.2 Å². The van der Waals surface area contributed by atoms with Crippen molar-refractivity contribution < 1.29 is 9.90 Å². The molecule has 0 aliphatic carbocycles. The van der Waals surface area contributed by atoms with Crippen molar-refractivity contribution in [2.75, 3.05) is 5.73 Å². The summed E-state index contributed by atoms with van der Waals surface area (Å²) in [4.78, 5) is 22.7. The Bertz CT molecular complexity index is 767. The van der Waals surface area contributed by atoms with Crippen molar-refractivity contribution in [3.63, 3.8) is 0 Å². The van der Waals surface area contributed by atoms with Gasteiger partial charge in [-0.3, -0.25) is 0 Å². The molecule has 4 N–H and O–H groups in total. The quantitative estimate of drug-likeness (QED) is 0.682. The van der Waals surface area contributed by atoms with E-state index in [1.165, 1.54) is 24.0 Å². The molecule has 2 aromatic heterocycles. The van der Waals surface area contributed by atoms with E-state index in [1.807, 2.05) is 24.3 Å². The lowest BCUT2D eigenvalue weighted by atomic mass is 10.2. The average Bonchev–Trinajstić information content (AvgIpc) is 2.82. The zero-order chi connectivity index (χ0) is 14.1. The first-order valence-corrected chi connectivity index (χ1v) is 6.56. The van der Waals surface area contributed by atoms with Crippen LogP contribution >= 0.6 is 11.8 Å². The van der Waals surface area contributed by atoms with Gasteiger partial charge in [-0.05, 0) is 30.0 Å². The van der Waals surface area contributed by atoms with E-state index < -0.39 is 5.97 Å². The Morgan fingerprint density at radius 2 is 2.15 bits per heavy atom. The molecule has 0 unspecified atom stereocenters. The fourth-order valence-corrected chi connectivity index (χ4v) is 2.55. The van der Waals surface area contributed by atoms with Gasteiger partial charge in [0.15, 0.2) is 5.16 Å². The van der Waals surface area contributed by atoms with Gasteiger partial charge in [-0.25, -0.2) is 14.8 Å². The summed E-state index contributed by atoms with van der Waals surface area (Å²) in [5, 5.41) is 10.2. The van der Waals surface area contributed by atoms with Crippen LogP contribution in [-0.2, 0) is 0 Å². The molecule has 0 radical (unpaired) electrons. The summed E-state index contributed by atoms with van der Waals surface area (Å²) in [5.41, 5.74) is 7.53. The lowest BCUT2D eigenvalue weighted by Gasteiger charge is -2.02. The molecule has 0 saturated heterocycles. The van der Waals surface area contributed by atoms with Crippen LogP contribution in [0.4, 0.5) is 5.69 Å². The summed E-state index contributed by atoms with van der Waals surface area (Å²) < 4.78 is 0. The maximum Gasteiger partial charge on any atom is 0.337 e. The van der Waals surface area contributed by atoms with Gasteiger partial charge in [-0.2, -0.15) is 0 Å². The number of pyridine rings is 1. The Kier molecular flexibility index (Phi) is 3.03. The third-order valence-electron chi connectivity index (χ3n) is 2.71. The van der Waals surface area contributed by atoms with E-state index in [1.54, 1.807) is 0 Å². The predicted molar refractivity (Wildman–Crippen MR) is 75.8 cm³/mol. The summed E-state index contributed by atoms with van der Waals surface area (Å²) in [6.45, 7) is 0. The molecular weight excluding hydrogens is 276 g/mol. The van der Waals surface area contributed by atoms with Crippen LogP contribution < -0.4 is 5.73 Å². The molecule has 7 heteroatoms. The summed E-state index contributed by atoms with van der Waals surface area (Å²) in [6, 6.07) is 9.08. The van der Waals surface area contributed by atoms with Gasteiger partial charge in [0.2, 0.25) is 0 Å². The van der Waals surface area contributed by atoms with E-state index in [2.05, 4.69) is 15.0 Å². The average molecular weight is 286 g/mol. The molecule has 3 rings (SSSR count). The number of aromatic carboxylic acids is 1. The Morgan fingerprint density at radius 1 is 1.35 bits per heavy atom. The first kappa shape index (κ1) is 12.5. The molecular formula is C13H10N4O2S. The third-order valence-corrected chi connectivity index (χ3v) is 3.53. The molecule has 20 heavy (non-hydrogen) atoms. The topological polar surface area (TPSA) is 105 Å². The second-order valence-electron chi connectivity index (χ2n) is 4.08. The molecule has 1 aromatic carbocycles. The fourth-order valence-electron chi connectivity index (χ4n) is 1.76. The minimum absolute atomic E-state index is 0.0404. The Balaban J connectivity index is 1.94. The van der Waals surface area contributed by atoms with Crippen molar-refractivity contribution in [3.05, 3.63) is 42.1 Å². The standard InChI is InChI=1S/C13H10N4O2S/c14-8-6-15-11(5-7(8)12(18)19)20-13-16-9-3-1-2-4-10(9)17-13/h1-6H,14H2,(H,16,17)(H,18,19). The highest BCUT2D eigenvalue weighted by Gasteiger charge is 2.12. The second kappa shape index (κ2) is 4.86. The zero-order valence-corrected chi connectivity index (χ0v) is 11.0. The minimum Gasteiger partial charge on any atom is -0.478 e. The van der Waals surface area contributed by atoms with Gasteiger partial charge in [0.25, 0.3) is 0 Å². The van der Waals surface area contributed by atoms with Gasteiger partial charge >= 0.3 is 5.97 Å². The number of anilines is 1. The van der Waals surface area contributed by atoms with Crippen molar-refractivity contribution in [3.8, 4) is 0 Å². The second-order valence-corrected chi connectivity index (χ2v) is 5.09. The molecule has 0 spiro atoms. The fraction of sp³-hybridized carbons (Fsp3) is 0. The van der Waals surface area contributed by atoms with Gasteiger partial charge in [0.1, 0.15) is 5.03 Å². The summed E-state index contributed by atoms with van der Waals surface area (Å²) in [7, 11) is 0. The largest absolute Gasteiger partial charge is 0.478 e. The molecule has 3 aromatic rings. The first-order valence-electron chi connectivity index (χ1n) is 5.75. The molecule has 6 nitrogen and oxygen atoms in total. The van der Waals surface area contributed by atoms with Gasteiger partial charge < -0.3 is 15.8 Å². The zero-order valence-electron chi connectivity index (χ0n) is 10.2. The molecule has 0 bridgehead atoms. The van der Waals surface area contributed by atoms with E-state index in [9.17, 15) is 4.79 Å². The number of nitrogens with two attached hydrogens (primary N) is 1. The SMILES string of the molecule is Nc1cnc(Sc2nc3ccccc3[nH]2)cc1C(=O)O. The van der Waals surface area contributed by atoms with Crippen LogP contribution in [0, 0.1) is 0 Å². The highest BCUT2D eigenvalue weighted by atomic mass is 32.2. The van der Waals surface area contributed by atoms with Crippen LogP contribution in [0.25, 0.3) is 11.0 Å². The van der Waals surface area contributed by atoms with E-state index in [-0.39, 0.29) is 11.3 Å². The van der Waals surface area contributed by atoms with Crippen LogP contribution in [0.1, 0.15) is 10.4 Å². The normalized spacial score (nSPS) is 10.8. The van der Waals surface area contributed by atoms with Gasteiger partial charge in [-0.15, -0.1) is 0 Å². The van der Waals surface area contributed by atoms with Gasteiger partial charge in [-0.1, -0.05) is 12.1 Å². The molecule has 0 atom stereocenters. The highest BCUT2D eigenvalue weighted by molar-refractivity contribution is 7.99. The number of aromatic amines is 1. The van der Waals surface area contributed by atoms with Crippen LogP contribution in [0.5, 0.6) is 0 Å². The smallest absolute Gasteiger partial charge is 0.337 e. The van der Waals surface area contributed by atoms with Gasteiger partial charge in [0.05, 0.1) is 28.5 Å². The Hall–Kier alpha value is -2.54. The molecule has 0 aliphatic rings. The lowest BCUT2D eigenvalue weighted by Crippen LogP contribution is -2.03. The Labute approximate surface area is 118 Å². The molecule has 0 saturated carbocycles. The molecule has 0 fully saturated rings. The number of hydrogen-bond acceptors (Lipinski definition) is 5. The number of hydrogen-bond donors (Lipinski definition) is 3. The van der Waals surface area contributed by atoms with E-state index >= 15 is 0 Å². The molecule has 0 aliphatic heterocycles. The Morgan fingerprint density at radius 3 is 2.90 bits per heavy atom. The number of fused-ring (bicyclic) bond motifs is 1. The van der Waals surface area contributed by atoms with Crippen LogP contribution in [0.15, 0.2) is 46.7 Å². The number of aromatic nitrogens is 3. The van der Waals surface area contributed by atoms with E-state index in [4.69, 9.17) is 10.8 Å². The van der Waals surface area contributed by atoms with Crippen LogP contribution in [-0.4, -0.2) is 26.0 Å². The lowest BCUT2D eigenvalue weighted by molar-refractivity contribution is 0.0697. The predicted octanol–water partition coefficient (Wildman–Crippen LogP) is 2.39.